The Morgan fingerprint density at radius 3 is 0.958 bits per heavy atom. The molecular weight excluding hydrogens is 320 g/mol. The quantitative estimate of drug-likeness (QED) is 0.311. The van der Waals surface area contributed by atoms with Gasteiger partial charge in [-0.05, 0) is 26.2 Å². The molecule has 0 bridgehead atoms. The van der Waals surface area contributed by atoms with Gasteiger partial charge in [-0.3, -0.25) is 0 Å². The fourth-order valence-electron chi connectivity index (χ4n) is 0.387. The van der Waals surface area contributed by atoms with Gasteiger partial charge in [0.15, 0.2) is 0 Å². The van der Waals surface area contributed by atoms with Crippen LogP contribution in [0.15, 0.2) is 12.2 Å². The summed E-state index contributed by atoms with van der Waals surface area (Å²) in [6, 6.07) is 0. The first-order valence-electron chi connectivity index (χ1n) is 7.83. The van der Waals surface area contributed by atoms with E-state index < -0.39 is 24.3 Å². The second-order valence-electron chi connectivity index (χ2n) is 4.82. The van der Waals surface area contributed by atoms with Gasteiger partial charge in [0.05, 0.1) is 38.1 Å². The van der Waals surface area contributed by atoms with Crippen molar-refractivity contribution in [1.82, 2.24) is 0 Å². The molecule has 0 aromatic rings. The normalized spacial score (nSPS) is 12.8. The molecule has 0 saturated heterocycles. The molecule has 0 aromatic carbocycles. The molecule has 0 rings (SSSR count). The number of aliphatic hydroxyl groups excluding tert-OH is 6. The zero-order valence-electron chi connectivity index (χ0n) is 15.2. The van der Waals surface area contributed by atoms with E-state index in [4.69, 9.17) is 35.7 Å². The molecule has 3 unspecified atom stereocenters. The molecule has 0 aliphatic rings. The van der Waals surface area contributed by atoms with E-state index in [-0.39, 0.29) is 25.4 Å². The van der Waals surface area contributed by atoms with Gasteiger partial charge in [-0.2, -0.15) is 0 Å². The maximum Gasteiger partial charge on any atom is 0.330 e. The Morgan fingerprint density at radius 1 is 0.792 bits per heavy atom. The number of rotatable bonds is 7. The molecule has 24 heavy (non-hydrogen) atoms. The molecule has 8 nitrogen and oxygen atoms in total. The number of hydrogen-bond acceptors (Lipinski definition) is 7. The number of aliphatic carboxylic acids is 1. The molecule has 8 heteroatoms. The molecule has 7 N–H and O–H groups in total. The summed E-state index contributed by atoms with van der Waals surface area (Å²) >= 11 is 0. The zero-order chi connectivity index (χ0) is 20.1. The summed E-state index contributed by atoms with van der Waals surface area (Å²) in [5, 5.41) is 57.4. The lowest BCUT2D eigenvalue weighted by atomic mass is 10.3. The highest BCUT2D eigenvalue weighted by molar-refractivity contribution is 5.84. The van der Waals surface area contributed by atoms with Crippen molar-refractivity contribution in [3.05, 3.63) is 12.2 Å². The van der Waals surface area contributed by atoms with Gasteiger partial charge in [0.2, 0.25) is 0 Å². The zero-order valence-corrected chi connectivity index (χ0v) is 15.2. The summed E-state index contributed by atoms with van der Waals surface area (Å²) < 4.78 is 0. The van der Waals surface area contributed by atoms with E-state index in [0.717, 1.165) is 0 Å². The Balaban J connectivity index is -0.000000111. The molecule has 0 saturated carbocycles. The second-order valence-corrected chi connectivity index (χ2v) is 4.82. The summed E-state index contributed by atoms with van der Waals surface area (Å²) in [6.45, 7) is 9.72. The highest BCUT2D eigenvalue weighted by Gasteiger charge is 1.93. The van der Waals surface area contributed by atoms with E-state index in [1.54, 1.807) is 0 Å². The minimum absolute atomic E-state index is 0.115. The van der Waals surface area contributed by atoms with E-state index in [1.807, 2.05) is 20.8 Å². The van der Waals surface area contributed by atoms with E-state index in [1.165, 1.54) is 6.92 Å². The van der Waals surface area contributed by atoms with Crippen LogP contribution < -0.4 is 0 Å². The van der Waals surface area contributed by atoms with Gasteiger partial charge in [0.25, 0.3) is 0 Å². The van der Waals surface area contributed by atoms with Gasteiger partial charge in [-0.1, -0.05) is 27.4 Å². The van der Waals surface area contributed by atoms with Gasteiger partial charge in [0.1, 0.15) is 0 Å². The maximum absolute atomic E-state index is 9.60. The van der Waals surface area contributed by atoms with Gasteiger partial charge < -0.3 is 35.7 Å². The number of carbonyl (C=O) groups is 1. The lowest BCUT2D eigenvalue weighted by Crippen LogP contribution is -2.08. The predicted molar refractivity (Wildman–Crippen MR) is 92.6 cm³/mol. The van der Waals surface area contributed by atoms with E-state index >= 15 is 0 Å². The highest BCUT2D eigenvalue weighted by atomic mass is 16.4. The molecule has 0 spiro atoms. The van der Waals surface area contributed by atoms with E-state index in [9.17, 15) is 4.79 Å². The summed E-state index contributed by atoms with van der Waals surface area (Å²) in [5.74, 6) is -0.935. The number of carboxylic acid groups (broad SMARTS) is 1. The number of hydrogen-bond donors (Lipinski definition) is 7. The Hall–Kier alpha value is -1.03. The van der Waals surface area contributed by atoms with Gasteiger partial charge >= 0.3 is 5.97 Å². The van der Waals surface area contributed by atoms with Crippen LogP contribution >= 0.6 is 0 Å². The summed E-state index contributed by atoms with van der Waals surface area (Å²) in [6.07, 6.45) is 0.378. The van der Waals surface area contributed by atoms with Crippen LogP contribution in [0.4, 0.5) is 0 Å². The fourth-order valence-corrected chi connectivity index (χ4v) is 0.387. The Kier molecular flexibility index (Phi) is 31.1. The average molecular weight is 356 g/mol. The Labute approximate surface area is 144 Å². The molecule has 0 aliphatic heterocycles. The summed E-state index contributed by atoms with van der Waals surface area (Å²) in [7, 11) is 0. The van der Waals surface area contributed by atoms with Crippen molar-refractivity contribution in [2.75, 3.05) is 19.8 Å². The van der Waals surface area contributed by atoms with Crippen molar-refractivity contribution < 1.29 is 40.5 Å². The van der Waals surface area contributed by atoms with Crippen LogP contribution in [0.2, 0.25) is 0 Å². The third kappa shape index (κ3) is 37.3. The predicted octanol–water partition coefficient (Wildman–Crippen LogP) is -0.104. The average Bonchev–Trinajstić information content (AvgIpc) is 2.60. The molecular formula is C16H36O8. The van der Waals surface area contributed by atoms with E-state index in [0.29, 0.717) is 19.3 Å². The molecule has 148 valence electrons. The molecule has 0 aliphatic carbocycles. The number of carboxylic acids is 1. The lowest BCUT2D eigenvalue weighted by molar-refractivity contribution is -0.132. The Morgan fingerprint density at radius 2 is 0.958 bits per heavy atom. The van der Waals surface area contributed by atoms with Crippen LogP contribution in [0.25, 0.3) is 0 Å². The SMILES string of the molecule is C=C(C)C(=O)O.CCC(O)CO.CCC(O)CO.CCC(O)CO. The molecule has 0 heterocycles. The first-order chi connectivity index (χ1) is 11.1. The van der Waals surface area contributed by atoms with Crippen molar-refractivity contribution in [3.63, 3.8) is 0 Å². The van der Waals surface area contributed by atoms with Crippen LogP contribution in [0.1, 0.15) is 47.0 Å². The first-order valence-corrected chi connectivity index (χ1v) is 7.83. The van der Waals surface area contributed by atoms with Gasteiger partial charge in [0, 0.05) is 5.57 Å². The van der Waals surface area contributed by atoms with E-state index in [2.05, 4.69) is 6.58 Å². The maximum atomic E-state index is 9.60. The largest absolute Gasteiger partial charge is 0.478 e. The van der Waals surface area contributed by atoms with Crippen LogP contribution in [-0.4, -0.2) is 79.8 Å². The molecule has 0 fully saturated rings. The highest BCUT2D eigenvalue weighted by Crippen LogP contribution is 1.84. The monoisotopic (exact) mass is 356 g/mol. The standard InChI is InChI=1S/C4H6O2.3C4H10O2/c1-3(2)4(5)6;3*1-2-4(6)3-5/h1H2,2H3,(H,5,6);3*4-6H,2-3H2,1H3. The minimum atomic E-state index is -0.935. The minimum Gasteiger partial charge on any atom is -0.478 e. The van der Waals surface area contributed by atoms with Crippen LogP contribution in [-0.2, 0) is 4.79 Å². The van der Waals surface area contributed by atoms with Crippen molar-refractivity contribution >= 4 is 5.97 Å². The smallest absolute Gasteiger partial charge is 0.330 e. The third-order valence-corrected chi connectivity index (χ3v) is 2.41. The van der Waals surface area contributed by atoms with Crippen molar-refractivity contribution in [2.24, 2.45) is 0 Å². The van der Waals surface area contributed by atoms with Crippen molar-refractivity contribution in [3.8, 4) is 0 Å². The van der Waals surface area contributed by atoms with Gasteiger partial charge in [-0.25, -0.2) is 4.79 Å². The molecule has 0 amide bonds. The van der Waals surface area contributed by atoms with Gasteiger partial charge in [-0.15, -0.1) is 0 Å². The lowest BCUT2D eigenvalue weighted by Gasteiger charge is -1.97. The molecule has 0 aromatic heterocycles. The second kappa shape index (κ2) is 24.2. The molecule has 3 atom stereocenters. The number of aliphatic hydroxyl groups is 6. The van der Waals surface area contributed by atoms with Crippen LogP contribution in [0.5, 0.6) is 0 Å². The fraction of sp³-hybridized carbons (Fsp3) is 0.812. The van der Waals surface area contributed by atoms with Crippen molar-refractivity contribution in [2.45, 2.75) is 65.3 Å². The van der Waals surface area contributed by atoms with Crippen molar-refractivity contribution in [1.29, 1.82) is 0 Å². The first kappa shape index (κ1) is 30.8. The van der Waals surface area contributed by atoms with Crippen LogP contribution in [0.3, 0.4) is 0 Å². The van der Waals surface area contributed by atoms with Crippen LogP contribution in [0, 0.1) is 0 Å². The Bertz CT molecular complexity index is 223. The summed E-state index contributed by atoms with van der Waals surface area (Å²) in [5.41, 5.74) is 0.176. The molecule has 0 radical (unpaired) electrons. The summed E-state index contributed by atoms with van der Waals surface area (Å²) in [4.78, 5) is 9.60. The topological polar surface area (TPSA) is 159 Å². The third-order valence-electron chi connectivity index (χ3n) is 2.41.